The van der Waals surface area contributed by atoms with Crippen molar-refractivity contribution in [1.29, 1.82) is 0 Å². The maximum Gasteiger partial charge on any atom is 0.371 e. The van der Waals surface area contributed by atoms with Gasteiger partial charge in [-0.1, -0.05) is 132 Å². The number of rotatable bonds is 15. The first-order chi connectivity index (χ1) is 21.5. The summed E-state index contributed by atoms with van der Waals surface area (Å²) in [5.74, 6) is 0. The highest BCUT2D eigenvalue weighted by atomic mass is 28.4. The van der Waals surface area contributed by atoms with E-state index < -0.39 is 14.7 Å². The third kappa shape index (κ3) is 8.20. The van der Waals surface area contributed by atoms with Gasteiger partial charge in [-0.3, -0.25) is 0 Å². The van der Waals surface area contributed by atoms with Gasteiger partial charge in [0, 0.05) is 26.2 Å². The van der Waals surface area contributed by atoms with Crippen molar-refractivity contribution in [1.82, 2.24) is 0 Å². The Balaban J connectivity index is 0.000000206. The smallest absolute Gasteiger partial charge is 0.371 e. The Hall–Kier alpha value is -2.05. The van der Waals surface area contributed by atoms with E-state index in [1.165, 1.54) is 80.4 Å². The van der Waals surface area contributed by atoms with Crippen molar-refractivity contribution in [2.75, 3.05) is 19.8 Å². The topological polar surface area (TPSA) is 27.7 Å². The van der Waals surface area contributed by atoms with E-state index >= 15 is 0 Å². The van der Waals surface area contributed by atoms with Gasteiger partial charge < -0.3 is 13.6 Å². The van der Waals surface area contributed by atoms with E-state index in [0.717, 1.165) is 55.2 Å². The first-order valence-corrected chi connectivity index (χ1v) is 19.7. The van der Waals surface area contributed by atoms with Gasteiger partial charge >= 0.3 is 8.56 Å². The van der Waals surface area contributed by atoms with Crippen LogP contribution in [0.25, 0.3) is 27.6 Å². The predicted molar refractivity (Wildman–Crippen MR) is 188 cm³/mol. The summed E-state index contributed by atoms with van der Waals surface area (Å²) in [4.78, 5) is 0. The van der Waals surface area contributed by atoms with Gasteiger partial charge in [-0.15, -0.1) is 0 Å². The lowest BCUT2D eigenvalue weighted by atomic mass is 9.89. The molecule has 0 bridgehead atoms. The fourth-order valence-corrected chi connectivity index (χ4v) is 12.0. The van der Waals surface area contributed by atoms with E-state index in [0.29, 0.717) is 6.42 Å². The molecule has 0 spiro atoms. The number of unbranched alkanes of at least 4 members (excludes halogenated alkanes) is 7. The van der Waals surface area contributed by atoms with Crippen molar-refractivity contribution >= 4 is 36.2 Å². The molecule has 2 unspecified atom stereocenters. The largest absolute Gasteiger partial charge is 0.393 e. The lowest BCUT2D eigenvalue weighted by molar-refractivity contribution is -0.0468. The molecule has 2 aliphatic rings. The average Bonchev–Trinajstić information content (AvgIpc) is 3.04. The van der Waals surface area contributed by atoms with Crippen LogP contribution < -0.4 is 0 Å². The molecule has 0 amide bonds. The minimum absolute atomic E-state index is 0.117. The summed E-state index contributed by atoms with van der Waals surface area (Å²) >= 11 is 0. The van der Waals surface area contributed by atoms with Crippen molar-refractivity contribution in [3.05, 3.63) is 65.7 Å². The molecular formula is C39H57FO3Si. The maximum atomic E-state index is 14.0. The molecule has 1 heterocycles. The molecule has 1 aliphatic carbocycles. The monoisotopic (exact) mass is 620 g/mol. The molecule has 1 aliphatic heterocycles. The first-order valence-electron chi connectivity index (χ1n) is 17.7. The molecule has 3 aromatic rings. The van der Waals surface area contributed by atoms with Crippen LogP contribution in [0.4, 0.5) is 4.39 Å². The molecule has 44 heavy (non-hydrogen) atoms. The molecule has 5 rings (SSSR count). The van der Waals surface area contributed by atoms with E-state index in [1.54, 1.807) is 0 Å². The van der Waals surface area contributed by atoms with Crippen LogP contribution in [0.15, 0.2) is 54.6 Å². The zero-order valence-corrected chi connectivity index (χ0v) is 29.0. The van der Waals surface area contributed by atoms with Crippen LogP contribution >= 0.6 is 0 Å². The molecule has 1 saturated heterocycles. The van der Waals surface area contributed by atoms with E-state index in [-0.39, 0.29) is 5.22 Å². The summed E-state index contributed by atoms with van der Waals surface area (Å²) in [6.07, 6.45) is 19.2. The third-order valence-electron chi connectivity index (χ3n) is 9.61. The fourth-order valence-electron chi connectivity index (χ4n) is 7.51. The minimum atomic E-state index is -2.29. The van der Waals surface area contributed by atoms with Crippen LogP contribution in [0, 0.1) is 0 Å². The Morgan fingerprint density at radius 1 is 0.750 bits per heavy atom. The molecule has 1 fully saturated rings. The number of hydrogen-bond donors (Lipinski definition) is 0. The highest BCUT2D eigenvalue weighted by molar-refractivity contribution is 6.70. The fraction of sp³-hybridized carbons (Fsp3) is 0.590. The standard InChI is InChI=1S/C21H44O3Si.C18H13F/c1-5-9-10-11-12-13-14-15-18-21(22-6-2)19-16-17-20-25(21,23-7-3)24-8-4;19-18-7-3-6-14-16-9-8-12-4-1-2-5-13(12)15(16)10-11-17(14)18/h5-20H2,1-4H3;1-6,8-11,18H,7H2. The predicted octanol–water partition coefficient (Wildman–Crippen LogP) is 12.0. The molecule has 3 nitrogen and oxygen atoms in total. The second kappa shape index (κ2) is 17.6. The molecule has 5 heteroatoms. The van der Waals surface area contributed by atoms with E-state index in [4.69, 9.17) is 13.6 Å². The summed E-state index contributed by atoms with van der Waals surface area (Å²) in [6.45, 7) is 10.9. The molecular weight excluding hydrogens is 564 g/mol. The lowest BCUT2D eigenvalue weighted by Crippen LogP contribution is -2.66. The van der Waals surface area contributed by atoms with E-state index in [1.807, 2.05) is 18.2 Å². The van der Waals surface area contributed by atoms with Gasteiger partial charge in [0.15, 0.2) is 0 Å². The molecule has 0 N–H and O–H groups in total. The Morgan fingerprint density at radius 2 is 1.45 bits per heavy atom. The SMILES string of the molecule is CCCCCCCCCCC1(OCC)CCCC[Si]1(OCC)OCC.FC1CC=Cc2c1ccc1c2ccc2ccccc21. The third-order valence-corrected chi connectivity index (χ3v) is 14.2. The summed E-state index contributed by atoms with van der Waals surface area (Å²) in [5, 5.41) is 4.70. The molecule has 0 radical (unpaired) electrons. The number of fused-ring (bicyclic) bond motifs is 5. The normalized spacial score (nSPS) is 20.8. The van der Waals surface area contributed by atoms with Crippen molar-refractivity contribution in [3.63, 3.8) is 0 Å². The van der Waals surface area contributed by atoms with Crippen molar-refractivity contribution < 1.29 is 18.0 Å². The Labute approximate surface area is 267 Å². The summed E-state index contributed by atoms with van der Waals surface area (Å²) in [6, 6.07) is 17.7. The Bertz CT molecular complexity index is 1310. The van der Waals surface area contributed by atoms with Crippen LogP contribution in [0.1, 0.15) is 128 Å². The number of alkyl halides is 1. The van der Waals surface area contributed by atoms with Crippen molar-refractivity contribution in [3.8, 4) is 0 Å². The Morgan fingerprint density at radius 3 is 2.18 bits per heavy atom. The first kappa shape index (κ1) is 34.8. The van der Waals surface area contributed by atoms with Gasteiger partial charge in [-0.05, 0) is 72.3 Å². The average molecular weight is 621 g/mol. The second-order valence-corrected chi connectivity index (χ2v) is 16.0. The maximum absolute atomic E-state index is 14.0. The molecule has 0 aromatic heterocycles. The van der Waals surface area contributed by atoms with Crippen LogP contribution in [0.3, 0.4) is 0 Å². The van der Waals surface area contributed by atoms with Crippen LogP contribution in [-0.2, 0) is 13.6 Å². The number of hydrogen-bond acceptors (Lipinski definition) is 3. The molecule has 0 saturated carbocycles. The van der Waals surface area contributed by atoms with Crippen LogP contribution in [-0.4, -0.2) is 33.6 Å². The second-order valence-electron chi connectivity index (χ2n) is 12.5. The number of ether oxygens (including phenoxy) is 1. The van der Waals surface area contributed by atoms with Crippen LogP contribution in [0.2, 0.25) is 6.04 Å². The number of allylic oxidation sites excluding steroid dienone is 1. The van der Waals surface area contributed by atoms with Gasteiger partial charge in [0.1, 0.15) is 11.4 Å². The minimum Gasteiger partial charge on any atom is -0.393 e. The zero-order chi connectivity index (χ0) is 31.3. The molecule has 2 atom stereocenters. The van der Waals surface area contributed by atoms with Gasteiger partial charge in [0.2, 0.25) is 0 Å². The zero-order valence-electron chi connectivity index (χ0n) is 28.0. The lowest BCUT2D eigenvalue weighted by Gasteiger charge is -2.49. The van der Waals surface area contributed by atoms with Gasteiger partial charge in [-0.25, -0.2) is 4.39 Å². The molecule has 3 aromatic carbocycles. The van der Waals surface area contributed by atoms with Crippen molar-refractivity contribution in [2.45, 2.75) is 129 Å². The van der Waals surface area contributed by atoms with Gasteiger partial charge in [-0.2, -0.15) is 0 Å². The van der Waals surface area contributed by atoms with Gasteiger partial charge in [0.25, 0.3) is 0 Å². The van der Waals surface area contributed by atoms with Crippen molar-refractivity contribution in [2.24, 2.45) is 0 Å². The van der Waals surface area contributed by atoms with E-state index in [9.17, 15) is 4.39 Å². The number of halogens is 1. The summed E-state index contributed by atoms with van der Waals surface area (Å²) in [5.41, 5.74) is 1.87. The summed E-state index contributed by atoms with van der Waals surface area (Å²) in [7, 11) is -2.29. The number of benzene rings is 3. The highest BCUT2D eigenvalue weighted by Gasteiger charge is 2.59. The van der Waals surface area contributed by atoms with E-state index in [2.05, 4.69) is 70.2 Å². The molecule has 242 valence electrons. The van der Waals surface area contributed by atoms with Crippen LogP contribution in [0.5, 0.6) is 0 Å². The summed E-state index contributed by atoms with van der Waals surface area (Å²) < 4.78 is 33.2. The highest BCUT2D eigenvalue weighted by Crippen LogP contribution is 2.44. The van der Waals surface area contributed by atoms with Gasteiger partial charge in [0.05, 0.1) is 0 Å². The quantitative estimate of drug-likeness (QED) is 0.0961. The Kier molecular flexibility index (Phi) is 13.9.